The number of aliphatic hydroxyl groups is 1. The van der Waals surface area contributed by atoms with Crippen LogP contribution in [0.15, 0.2) is 53.6 Å². The van der Waals surface area contributed by atoms with E-state index in [4.69, 9.17) is 8.92 Å². The zero-order valence-electron chi connectivity index (χ0n) is 17.8. The van der Waals surface area contributed by atoms with Crippen molar-refractivity contribution < 1.29 is 26.8 Å². The third-order valence-corrected chi connectivity index (χ3v) is 7.77. The Morgan fingerprint density at radius 2 is 1.87 bits per heavy atom. The highest BCUT2D eigenvalue weighted by atomic mass is 32.2. The summed E-state index contributed by atoms with van der Waals surface area (Å²) in [4.78, 5) is -0.00487. The van der Waals surface area contributed by atoms with Crippen LogP contribution >= 0.6 is 0 Å². The second kappa shape index (κ2) is 9.57. The van der Waals surface area contributed by atoms with Crippen molar-refractivity contribution >= 4 is 29.1 Å². The average Bonchev–Trinajstić information content (AvgIpc) is 3.15. The first-order valence-electron chi connectivity index (χ1n) is 9.93. The highest BCUT2D eigenvalue weighted by Gasteiger charge is 2.22. The first-order chi connectivity index (χ1) is 14.6. The van der Waals surface area contributed by atoms with E-state index in [1.54, 1.807) is 18.2 Å². The highest BCUT2D eigenvalue weighted by Crippen LogP contribution is 2.28. The summed E-state index contributed by atoms with van der Waals surface area (Å²) >= 11 is 0. The molecule has 7 nitrogen and oxygen atoms in total. The van der Waals surface area contributed by atoms with Crippen molar-refractivity contribution in [1.82, 2.24) is 9.78 Å². The summed E-state index contributed by atoms with van der Waals surface area (Å²) in [6.07, 6.45) is 0.150. The topological polar surface area (TPSA) is 90.7 Å². The van der Waals surface area contributed by atoms with Gasteiger partial charge in [0.1, 0.15) is 24.2 Å². The van der Waals surface area contributed by atoms with E-state index in [0.717, 1.165) is 6.04 Å². The quantitative estimate of drug-likeness (QED) is 0.277. The third-order valence-electron chi connectivity index (χ3n) is 4.77. The highest BCUT2D eigenvalue weighted by molar-refractivity contribution is 7.86. The first kappa shape index (κ1) is 23.5. The van der Waals surface area contributed by atoms with Crippen LogP contribution in [0.25, 0.3) is 10.9 Å². The molecule has 1 atom stereocenters. The van der Waals surface area contributed by atoms with Crippen molar-refractivity contribution in [1.29, 1.82) is 0 Å². The van der Waals surface area contributed by atoms with Crippen LogP contribution in [0.3, 0.4) is 0 Å². The van der Waals surface area contributed by atoms with Gasteiger partial charge in [-0.2, -0.15) is 13.5 Å². The van der Waals surface area contributed by atoms with Gasteiger partial charge in [-0.05, 0) is 29.8 Å². The molecule has 0 aliphatic heterocycles. The van der Waals surface area contributed by atoms with Crippen LogP contribution in [0.2, 0.25) is 25.7 Å². The minimum absolute atomic E-state index is 0.00487. The van der Waals surface area contributed by atoms with Crippen molar-refractivity contribution in [2.45, 2.75) is 43.4 Å². The molecule has 1 heterocycles. The number of aromatic nitrogens is 2. The average molecular weight is 467 g/mol. The van der Waals surface area contributed by atoms with Gasteiger partial charge in [0.15, 0.2) is 0 Å². The zero-order chi connectivity index (χ0) is 22.6. The molecule has 0 bridgehead atoms. The molecule has 3 rings (SSSR count). The maximum absolute atomic E-state index is 14.5. The number of rotatable bonds is 10. The molecule has 0 amide bonds. The lowest BCUT2D eigenvalue weighted by molar-refractivity contribution is 0.0813. The summed E-state index contributed by atoms with van der Waals surface area (Å²) in [7, 11) is -5.26. The van der Waals surface area contributed by atoms with Gasteiger partial charge >= 0.3 is 0 Å². The summed E-state index contributed by atoms with van der Waals surface area (Å²) in [5.41, 5.74) is 0.517. The van der Waals surface area contributed by atoms with Crippen molar-refractivity contribution in [3.63, 3.8) is 0 Å². The number of aliphatic hydroxyl groups excluding tert-OH is 1. The van der Waals surface area contributed by atoms with Crippen LogP contribution in [-0.2, 0) is 25.8 Å². The Morgan fingerprint density at radius 1 is 1.16 bits per heavy atom. The van der Waals surface area contributed by atoms with Crippen molar-refractivity contribution in [3.05, 3.63) is 60.0 Å². The van der Waals surface area contributed by atoms with E-state index in [1.165, 1.54) is 35.1 Å². The summed E-state index contributed by atoms with van der Waals surface area (Å²) < 4.78 is 51.1. The second-order valence-electron chi connectivity index (χ2n) is 8.46. The van der Waals surface area contributed by atoms with Gasteiger partial charge in [-0.3, -0.25) is 4.18 Å². The van der Waals surface area contributed by atoms with Gasteiger partial charge in [0.25, 0.3) is 10.1 Å². The van der Waals surface area contributed by atoms with E-state index in [0.29, 0.717) is 17.6 Å². The number of benzene rings is 2. The molecule has 1 aromatic heterocycles. The van der Waals surface area contributed by atoms with Crippen molar-refractivity contribution in [2.24, 2.45) is 0 Å². The smallest absolute Gasteiger partial charge is 0.297 e. The van der Waals surface area contributed by atoms with Gasteiger partial charge in [0, 0.05) is 20.1 Å². The van der Waals surface area contributed by atoms with Gasteiger partial charge in [0.2, 0.25) is 0 Å². The van der Waals surface area contributed by atoms with Gasteiger partial charge < -0.3 is 9.84 Å². The molecular weight excluding hydrogens is 439 g/mol. The van der Waals surface area contributed by atoms with E-state index in [2.05, 4.69) is 24.7 Å². The molecule has 2 aromatic carbocycles. The summed E-state index contributed by atoms with van der Waals surface area (Å²) in [5.74, 6) is -0.505. The normalized spacial score (nSPS) is 13.6. The summed E-state index contributed by atoms with van der Waals surface area (Å²) in [6, 6.07) is 11.3. The van der Waals surface area contributed by atoms with Crippen LogP contribution in [0.4, 0.5) is 4.39 Å². The summed E-state index contributed by atoms with van der Waals surface area (Å²) in [6.45, 7) is 6.87. The minimum atomic E-state index is -4.02. The Kier molecular flexibility index (Phi) is 7.27. The Hall–Kier alpha value is -2.11. The number of fused-ring (bicyclic) bond motifs is 1. The Balaban J connectivity index is 1.73. The molecule has 168 valence electrons. The Labute approximate surface area is 182 Å². The van der Waals surface area contributed by atoms with Crippen LogP contribution < -0.4 is 0 Å². The predicted octanol–water partition coefficient (Wildman–Crippen LogP) is 3.93. The van der Waals surface area contributed by atoms with E-state index in [9.17, 15) is 17.9 Å². The molecule has 0 fully saturated rings. The SMILES string of the molecule is C[Si](C)(C)CCOCn1ncc2c(C(O)COS(=O)(=O)c3ccccc3)ccc(F)c21. The van der Waals surface area contributed by atoms with Gasteiger partial charge in [0.05, 0.1) is 17.7 Å². The summed E-state index contributed by atoms with van der Waals surface area (Å²) in [5, 5.41) is 15.1. The molecule has 3 aromatic rings. The fourth-order valence-corrected chi connectivity index (χ4v) is 4.69. The molecule has 0 saturated carbocycles. The maximum Gasteiger partial charge on any atom is 0.297 e. The fraction of sp³-hybridized carbons (Fsp3) is 0.381. The lowest BCUT2D eigenvalue weighted by atomic mass is 10.1. The molecule has 0 radical (unpaired) electrons. The van der Waals surface area contributed by atoms with E-state index in [1.807, 2.05) is 0 Å². The van der Waals surface area contributed by atoms with E-state index >= 15 is 0 Å². The van der Waals surface area contributed by atoms with Crippen LogP contribution in [0.5, 0.6) is 0 Å². The van der Waals surface area contributed by atoms with E-state index in [-0.39, 0.29) is 17.1 Å². The van der Waals surface area contributed by atoms with Gasteiger partial charge in [-0.1, -0.05) is 43.9 Å². The second-order valence-corrected chi connectivity index (χ2v) is 15.7. The monoisotopic (exact) mass is 466 g/mol. The van der Waals surface area contributed by atoms with Crippen molar-refractivity contribution in [3.8, 4) is 0 Å². The predicted molar refractivity (Wildman–Crippen MR) is 118 cm³/mol. The third kappa shape index (κ3) is 5.98. The Bertz CT molecular complexity index is 1130. The number of halogens is 1. The van der Waals surface area contributed by atoms with Gasteiger partial charge in [-0.25, -0.2) is 9.07 Å². The lowest BCUT2D eigenvalue weighted by Crippen LogP contribution is -2.22. The number of ether oxygens (including phenoxy) is 1. The molecule has 1 N–H and O–H groups in total. The molecule has 1 unspecified atom stereocenters. The van der Waals surface area contributed by atoms with Crippen LogP contribution in [-0.4, -0.2) is 44.6 Å². The first-order valence-corrected chi connectivity index (χ1v) is 15.0. The molecular formula is C21H27FN2O5SSi. The molecule has 10 heteroatoms. The largest absolute Gasteiger partial charge is 0.386 e. The maximum atomic E-state index is 14.5. The lowest BCUT2D eigenvalue weighted by Gasteiger charge is -2.16. The number of hydrogen-bond acceptors (Lipinski definition) is 6. The molecule has 0 aliphatic rings. The van der Waals surface area contributed by atoms with Gasteiger partial charge in [-0.15, -0.1) is 0 Å². The van der Waals surface area contributed by atoms with E-state index < -0.39 is 36.7 Å². The fourth-order valence-electron chi connectivity index (χ4n) is 3.00. The molecule has 0 spiro atoms. The Morgan fingerprint density at radius 3 is 2.55 bits per heavy atom. The molecule has 0 saturated heterocycles. The zero-order valence-corrected chi connectivity index (χ0v) is 19.6. The molecule has 31 heavy (non-hydrogen) atoms. The standard InChI is InChI=1S/C21H27FN2O5SSi/c1-31(2,3)12-11-28-15-24-21-18(13-23-24)17(9-10-19(21)22)20(25)14-29-30(26,27)16-7-5-4-6-8-16/h4-10,13,20,25H,11-12,14-15H2,1-3H3. The number of nitrogens with zero attached hydrogens (tertiary/aromatic N) is 2. The minimum Gasteiger partial charge on any atom is -0.386 e. The number of hydrogen-bond donors (Lipinski definition) is 1. The van der Waals surface area contributed by atoms with Crippen LogP contribution in [0.1, 0.15) is 11.7 Å². The molecule has 0 aliphatic carbocycles. The van der Waals surface area contributed by atoms with Crippen molar-refractivity contribution in [2.75, 3.05) is 13.2 Å². The van der Waals surface area contributed by atoms with Crippen LogP contribution in [0, 0.1) is 5.82 Å².